The van der Waals surface area contributed by atoms with Crippen molar-refractivity contribution in [3.8, 4) is 11.4 Å². The number of carboxylic acids is 1. The molecular weight excluding hydrogens is 262 g/mol. The number of hydrogen-bond donors (Lipinski definition) is 1. The molecule has 0 aliphatic heterocycles. The summed E-state index contributed by atoms with van der Waals surface area (Å²) in [6.07, 6.45) is 0. The maximum Gasteiger partial charge on any atom is 0.313 e. The molecule has 1 aromatic heterocycles. The lowest BCUT2D eigenvalue weighted by atomic mass is 10.1. The first-order chi connectivity index (χ1) is 8.97. The maximum absolute atomic E-state index is 10.6. The number of benzene rings is 1. The Labute approximate surface area is 115 Å². The molecule has 2 aromatic rings. The minimum absolute atomic E-state index is 0.0151. The average Bonchev–Trinajstić information content (AvgIpc) is 2.66. The van der Waals surface area contributed by atoms with Crippen molar-refractivity contribution in [1.82, 2.24) is 14.8 Å². The zero-order valence-corrected chi connectivity index (χ0v) is 11.9. The Morgan fingerprint density at radius 2 is 1.89 bits per heavy atom. The summed E-state index contributed by atoms with van der Waals surface area (Å²) < 4.78 is 1.82. The van der Waals surface area contributed by atoms with Crippen LogP contribution in [0.25, 0.3) is 11.4 Å². The van der Waals surface area contributed by atoms with Crippen LogP contribution >= 0.6 is 11.8 Å². The fraction of sp³-hybridized carbons (Fsp3) is 0.308. The largest absolute Gasteiger partial charge is 0.481 e. The topological polar surface area (TPSA) is 68.0 Å². The van der Waals surface area contributed by atoms with Crippen molar-refractivity contribution in [2.45, 2.75) is 19.0 Å². The van der Waals surface area contributed by atoms with E-state index in [0.717, 1.165) is 22.5 Å². The van der Waals surface area contributed by atoms with Crippen molar-refractivity contribution in [2.75, 3.05) is 5.75 Å². The first-order valence-electron chi connectivity index (χ1n) is 5.80. The van der Waals surface area contributed by atoms with E-state index >= 15 is 0 Å². The van der Waals surface area contributed by atoms with Crippen LogP contribution in [0.2, 0.25) is 0 Å². The fourth-order valence-electron chi connectivity index (χ4n) is 1.92. The summed E-state index contributed by atoms with van der Waals surface area (Å²) in [5.41, 5.74) is 3.32. The molecule has 5 nitrogen and oxygen atoms in total. The maximum atomic E-state index is 10.6. The first-order valence-corrected chi connectivity index (χ1v) is 6.78. The van der Waals surface area contributed by atoms with Gasteiger partial charge in [0.2, 0.25) is 0 Å². The van der Waals surface area contributed by atoms with Gasteiger partial charge in [-0.3, -0.25) is 4.79 Å². The molecule has 0 radical (unpaired) electrons. The molecule has 0 aliphatic rings. The second kappa shape index (κ2) is 5.44. The van der Waals surface area contributed by atoms with E-state index in [0.29, 0.717) is 5.16 Å². The van der Waals surface area contributed by atoms with Crippen LogP contribution in [0.3, 0.4) is 0 Å². The molecule has 1 aromatic carbocycles. The van der Waals surface area contributed by atoms with Crippen molar-refractivity contribution < 1.29 is 9.90 Å². The van der Waals surface area contributed by atoms with Gasteiger partial charge in [0.1, 0.15) is 0 Å². The third-order valence-corrected chi connectivity index (χ3v) is 3.64. The Hall–Kier alpha value is -1.82. The second-order valence-electron chi connectivity index (χ2n) is 4.42. The highest BCUT2D eigenvalue weighted by atomic mass is 32.2. The predicted molar refractivity (Wildman–Crippen MR) is 74.3 cm³/mol. The Balaban J connectivity index is 2.33. The van der Waals surface area contributed by atoms with Gasteiger partial charge in [-0.15, -0.1) is 10.2 Å². The molecule has 0 bridgehead atoms. The lowest BCUT2D eigenvalue weighted by Crippen LogP contribution is -2.01. The van der Waals surface area contributed by atoms with E-state index in [4.69, 9.17) is 5.11 Å². The molecule has 2 rings (SSSR count). The van der Waals surface area contributed by atoms with E-state index in [1.807, 2.05) is 37.6 Å². The number of aromatic nitrogens is 3. The minimum Gasteiger partial charge on any atom is -0.481 e. The van der Waals surface area contributed by atoms with E-state index in [1.165, 1.54) is 11.8 Å². The van der Waals surface area contributed by atoms with Crippen LogP contribution in [-0.2, 0) is 11.8 Å². The van der Waals surface area contributed by atoms with Crippen molar-refractivity contribution in [3.05, 3.63) is 29.3 Å². The molecule has 0 amide bonds. The van der Waals surface area contributed by atoms with E-state index < -0.39 is 5.97 Å². The summed E-state index contributed by atoms with van der Waals surface area (Å²) in [6, 6.07) is 6.19. The Bertz CT molecular complexity index is 602. The van der Waals surface area contributed by atoms with Gasteiger partial charge in [-0.1, -0.05) is 29.0 Å². The minimum atomic E-state index is -0.860. The van der Waals surface area contributed by atoms with Crippen LogP contribution in [0.5, 0.6) is 0 Å². The molecule has 1 N–H and O–H groups in total. The standard InChI is InChI=1S/C13H15N3O2S/c1-8-4-9(2)6-10(5-8)12-14-15-13(16(12)3)19-7-11(17)18/h4-6H,7H2,1-3H3,(H,17,18). The van der Waals surface area contributed by atoms with Gasteiger partial charge in [0.25, 0.3) is 0 Å². The number of rotatable bonds is 4. The normalized spacial score (nSPS) is 10.7. The van der Waals surface area contributed by atoms with Gasteiger partial charge in [-0.2, -0.15) is 0 Å². The van der Waals surface area contributed by atoms with Gasteiger partial charge in [0.05, 0.1) is 5.75 Å². The van der Waals surface area contributed by atoms with Crippen molar-refractivity contribution in [3.63, 3.8) is 0 Å². The quantitative estimate of drug-likeness (QED) is 0.868. The van der Waals surface area contributed by atoms with Gasteiger partial charge >= 0.3 is 5.97 Å². The monoisotopic (exact) mass is 277 g/mol. The highest BCUT2D eigenvalue weighted by Crippen LogP contribution is 2.24. The van der Waals surface area contributed by atoms with E-state index in [1.54, 1.807) is 0 Å². The van der Waals surface area contributed by atoms with Gasteiger partial charge in [-0.25, -0.2) is 0 Å². The highest BCUT2D eigenvalue weighted by molar-refractivity contribution is 7.99. The molecule has 1 heterocycles. The summed E-state index contributed by atoms with van der Waals surface area (Å²) in [6.45, 7) is 4.07. The Morgan fingerprint density at radius 3 is 2.47 bits per heavy atom. The van der Waals surface area contributed by atoms with Gasteiger partial charge in [0, 0.05) is 12.6 Å². The Kier molecular flexibility index (Phi) is 3.90. The zero-order chi connectivity index (χ0) is 14.0. The molecule has 0 saturated heterocycles. The number of nitrogens with zero attached hydrogens (tertiary/aromatic N) is 3. The van der Waals surface area contributed by atoms with Crippen LogP contribution in [0.15, 0.2) is 23.4 Å². The van der Waals surface area contributed by atoms with Crippen molar-refractivity contribution in [2.24, 2.45) is 7.05 Å². The summed E-state index contributed by atoms with van der Waals surface area (Å²) in [5, 5.41) is 17.5. The number of aryl methyl sites for hydroxylation is 2. The molecule has 0 unspecified atom stereocenters. The van der Waals surface area contributed by atoms with Gasteiger partial charge < -0.3 is 9.67 Å². The first kappa shape index (κ1) is 13.6. The second-order valence-corrected chi connectivity index (χ2v) is 5.37. The lowest BCUT2D eigenvalue weighted by molar-refractivity contribution is -0.133. The van der Waals surface area contributed by atoms with Crippen LogP contribution in [-0.4, -0.2) is 31.6 Å². The van der Waals surface area contributed by atoms with E-state index in [2.05, 4.69) is 16.3 Å². The van der Waals surface area contributed by atoms with Crippen LogP contribution in [0.1, 0.15) is 11.1 Å². The number of aliphatic carboxylic acids is 1. The third kappa shape index (κ3) is 3.14. The summed E-state index contributed by atoms with van der Waals surface area (Å²) in [5.74, 6) is -0.126. The predicted octanol–water partition coefficient (Wildman–Crippen LogP) is 2.28. The number of thioether (sulfide) groups is 1. The number of carboxylic acid groups (broad SMARTS) is 1. The number of hydrogen-bond acceptors (Lipinski definition) is 4. The fourth-order valence-corrected chi connectivity index (χ4v) is 2.55. The SMILES string of the molecule is Cc1cc(C)cc(-c2nnc(SCC(=O)O)n2C)c1. The van der Waals surface area contributed by atoms with Crippen LogP contribution in [0.4, 0.5) is 0 Å². The molecule has 0 saturated carbocycles. The Morgan fingerprint density at radius 1 is 1.26 bits per heavy atom. The highest BCUT2D eigenvalue weighted by Gasteiger charge is 2.12. The molecule has 0 spiro atoms. The smallest absolute Gasteiger partial charge is 0.313 e. The molecular formula is C13H15N3O2S. The average molecular weight is 277 g/mol. The van der Waals surface area contributed by atoms with E-state index in [9.17, 15) is 4.79 Å². The van der Waals surface area contributed by atoms with E-state index in [-0.39, 0.29) is 5.75 Å². The summed E-state index contributed by atoms with van der Waals surface area (Å²) >= 11 is 1.17. The molecule has 19 heavy (non-hydrogen) atoms. The molecule has 100 valence electrons. The molecule has 0 aliphatic carbocycles. The zero-order valence-electron chi connectivity index (χ0n) is 11.0. The van der Waals surface area contributed by atoms with Gasteiger partial charge in [-0.05, 0) is 26.0 Å². The van der Waals surface area contributed by atoms with Crippen molar-refractivity contribution in [1.29, 1.82) is 0 Å². The summed E-state index contributed by atoms with van der Waals surface area (Å²) in [4.78, 5) is 10.6. The third-order valence-electron chi connectivity index (χ3n) is 2.64. The molecule has 6 heteroatoms. The molecule has 0 atom stereocenters. The van der Waals surface area contributed by atoms with Crippen LogP contribution < -0.4 is 0 Å². The lowest BCUT2D eigenvalue weighted by Gasteiger charge is -2.05. The summed E-state index contributed by atoms with van der Waals surface area (Å²) in [7, 11) is 1.84. The number of carbonyl (C=O) groups is 1. The van der Waals surface area contributed by atoms with Crippen LogP contribution in [0, 0.1) is 13.8 Å². The van der Waals surface area contributed by atoms with Gasteiger partial charge in [0.15, 0.2) is 11.0 Å². The van der Waals surface area contributed by atoms with Crippen molar-refractivity contribution >= 4 is 17.7 Å². The molecule has 0 fully saturated rings.